The minimum atomic E-state index is -0.969. The molecule has 1 aromatic rings. The second-order valence-corrected chi connectivity index (χ2v) is 6.78. The van der Waals surface area contributed by atoms with Gasteiger partial charge < -0.3 is 10.0 Å². The van der Waals surface area contributed by atoms with Crippen LogP contribution in [0.5, 0.6) is 0 Å². The maximum absolute atomic E-state index is 12.6. The minimum absolute atomic E-state index is 0.00976. The molecule has 1 heterocycles. The molecule has 1 saturated heterocycles. The fraction of sp³-hybridized carbons (Fsp3) is 0.500. The number of carboxylic acids is 1. The highest BCUT2D eigenvalue weighted by molar-refractivity contribution is 7.99. The zero-order valence-corrected chi connectivity index (χ0v) is 13.1. The molecule has 0 bridgehead atoms. The molecule has 0 spiro atoms. The van der Waals surface area contributed by atoms with Crippen molar-refractivity contribution in [1.82, 2.24) is 4.90 Å². The molecule has 1 unspecified atom stereocenters. The molecule has 4 nitrogen and oxygen atoms in total. The van der Waals surface area contributed by atoms with E-state index in [9.17, 15) is 9.59 Å². The van der Waals surface area contributed by atoms with Crippen LogP contribution in [0.4, 0.5) is 0 Å². The van der Waals surface area contributed by atoms with Gasteiger partial charge in [0.05, 0.1) is 5.56 Å². The van der Waals surface area contributed by atoms with Crippen LogP contribution < -0.4 is 0 Å². The molecule has 0 aliphatic carbocycles. The third kappa shape index (κ3) is 4.24. The number of thioether (sulfide) groups is 1. The number of carboxylic acid groups (broad SMARTS) is 1. The summed E-state index contributed by atoms with van der Waals surface area (Å²) >= 11 is 1.92. The summed E-state index contributed by atoms with van der Waals surface area (Å²) in [5, 5.41) is 9.41. The lowest BCUT2D eigenvalue weighted by Crippen LogP contribution is -2.35. The smallest absolute Gasteiger partial charge is 0.335 e. The summed E-state index contributed by atoms with van der Waals surface area (Å²) in [5.74, 6) is 0.110. The van der Waals surface area contributed by atoms with Crippen molar-refractivity contribution in [3.05, 3.63) is 35.4 Å². The first-order valence-corrected chi connectivity index (χ1v) is 8.41. The lowest BCUT2D eigenvalue weighted by molar-refractivity contribution is 0.0694. The number of hydrogen-bond donors (Lipinski definition) is 1. The van der Waals surface area contributed by atoms with Crippen LogP contribution >= 0.6 is 11.8 Å². The van der Waals surface area contributed by atoms with Crippen molar-refractivity contribution in [3.8, 4) is 0 Å². The monoisotopic (exact) mass is 307 g/mol. The van der Waals surface area contributed by atoms with Gasteiger partial charge >= 0.3 is 5.97 Å². The van der Waals surface area contributed by atoms with Crippen LogP contribution in [0.3, 0.4) is 0 Å². The number of rotatable bonds is 4. The Bertz CT molecular complexity index is 501. The van der Waals surface area contributed by atoms with Crippen LogP contribution in [0, 0.1) is 0 Å². The van der Waals surface area contributed by atoms with Crippen molar-refractivity contribution >= 4 is 23.6 Å². The van der Waals surface area contributed by atoms with E-state index in [2.05, 4.69) is 6.92 Å². The Labute approximate surface area is 129 Å². The van der Waals surface area contributed by atoms with Crippen molar-refractivity contribution in [3.63, 3.8) is 0 Å². The van der Waals surface area contributed by atoms with E-state index in [1.54, 1.807) is 12.1 Å². The van der Waals surface area contributed by atoms with Gasteiger partial charge in [0.25, 0.3) is 5.91 Å². The predicted molar refractivity (Wildman–Crippen MR) is 85.1 cm³/mol. The first kappa shape index (κ1) is 15.9. The van der Waals surface area contributed by atoms with Gasteiger partial charge in [-0.25, -0.2) is 4.79 Å². The fourth-order valence-corrected chi connectivity index (χ4v) is 3.69. The van der Waals surface area contributed by atoms with Gasteiger partial charge in [-0.1, -0.05) is 13.3 Å². The van der Waals surface area contributed by atoms with E-state index >= 15 is 0 Å². The van der Waals surface area contributed by atoms with Crippen molar-refractivity contribution < 1.29 is 14.7 Å². The van der Waals surface area contributed by atoms with E-state index in [0.717, 1.165) is 25.3 Å². The van der Waals surface area contributed by atoms with Crippen LogP contribution in [0.1, 0.15) is 46.9 Å². The number of carbonyl (C=O) groups excluding carboxylic acids is 1. The number of carbonyl (C=O) groups is 2. The Kier molecular flexibility index (Phi) is 5.67. The Morgan fingerprint density at radius 1 is 1.24 bits per heavy atom. The Morgan fingerprint density at radius 3 is 2.52 bits per heavy atom. The van der Waals surface area contributed by atoms with Gasteiger partial charge in [0.15, 0.2) is 0 Å². The average Bonchev–Trinajstić information content (AvgIpc) is 2.72. The zero-order valence-electron chi connectivity index (χ0n) is 12.2. The molecule has 2 rings (SSSR count). The molecule has 0 saturated carbocycles. The lowest BCUT2D eigenvalue weighted by atomic mass is 10.1. The molecule has 0 aromatic heterocycles. The normalized spacial score (nSPS) is 19.1. The number of benzene rings is 1. The largest absolute Gasteiger partial charge is 0.478 e. The van der Waals surface area contributed by atoms with E-state index in [0.29, 0.717) is 10.8 Å². The van der Waals surface area contributed by atoms with E-state index in [-0.39, 0.29) is 11.5 Å². The van der Waals surface area contributed by atoms with Crippen molar-refractivity contribution in [1.29, 1.82) is 0 Å². The molecular weight excluding hydrogens is 286 g/mol. The van der Waals surface area contributed by atoms with E-state index < -0.39 is 5.97 Å². The second-order valence-electron chi connectivity index (χ2n) is 5.21. The number of nitrogens with zero attached hydrogens (tertiary/aromatic N) is 1. The highest BCUT2D eigenvalue weighted by Crippen LogP contribution is 2.23. The number of aromatic carboxylic acids is 1. The predicted octanol–water partition coefficient (Wildman–Crippen LogP) is 3.13. The summed E-state index contributed by atoms with van der Waals surface area (Å²) < 4.78 is 0. The number of hydrogen-bond acceptors (Lipinski definition) is 3. The molecule has 21 heavy (non-hydrogen) atoms. The highest BCUT2D eigenvalue weighted by Gasteiger charge is 2.23. The average molecular weight is 307 g/mol. The third-order valence-corrected chi connectivity index (χ3v) is 4.89. The van der Waals surface area contributed by atoms with Gasteiger partial charge in [0.1, 0.15) is 0 Å². The quantitative estimate of drug-likeness (QED) is 0.928. The molecule has 0 radical (unpaired) electrons. The van der Waals surface area contributed by atoms with E-state index in [4.69, 9.17) is 5.11 Å². The Hall–Kier alpha value is -1.49. The Balaban J connectivity index is 2.08. The number of likely N-dealkylation sites (tertiary alicyclic amines) is 1. The molecule has 1 aromatic carbocycles. The second kappa shape index (κ2) is 7.50. The first-order valence-electron chi connectivity index (χ1n) is 7.36. The SMILES string of the molecule is CCSC1CCCCN(C(=O)c2ccc(C(=O)O)cc2)C1. The molecule has 1 atom stereocenters. The summed E-state index contributed by atoms with van der Waals surface area (Å²) in [6.45, 7) is 3.73. The summed E-state index contributed by atoms with van der Waals surface area (Å²) in [5.41, 5.74) is 0.781. The molecular formula is C16H21NO3S. The van der Waals surface area contributed by atoms with Crippen LogP contribution in [0.2, 0.25) is 0 Å². The van der Waals surface area contributed by atoms with E-state index in [1.165, 1.54) is 25.0 Å². The first-order chi connectivity index (χ1) is 10.1. The van der Waals surface area contributed by atoms with Crippen LogP contribution in [0.15, 0.2) is 24.3 Å². The topological polar surface area (TPSA) is 57.6 Å². The van der Waals surface area contributed by atoms with E-state index in [1.807, 2.05) is 16.7 Å². The standard InChI is InChI=1S/C16H21NO3S/c1-2-21-14-5-3-4-10-17(11-14)15(18)12-6-8-13(9-7-12)16(19)20/h6-9,14H,2-5,10-11H2,1H3,(H,19,20). The zero-order chi connectivity index (χ0) is 15.2. The minimum Gasteiger partial charge on any atom is -0.478 e. The summed E-state index contributed by atoms with van der Waals surface area (Å²) in [6.07, 6.45) is 3.37. The summed E-state index contributed by atoms with van der Waals surface area (Å²) in [7, 11) is 0. The molecule has 1 N–H and O–H groups in total. The molecule has 1 fully saturated rings. The highest BCUT2D eigenvalue weighted by atomic mass is 32.2. The fourth-order valence-electron chi connectivity index (χ4n) is 2.60. The van der Waals surface area contributed by atoms with Crippen LogP contribution in [-0.4, -0.2) is 46.0 Å². The maximum Gasteiger partial charge on any atom is 0.335 e. The van der Waals surface area contributed by atoms with Crippen molar-refractivity contribution in [2.45, 2.75) is 31.4 Å². The molecule has 5 heteroatoms. The Morgan fingerprint density at radius 2 is 1.90 bits per heavy atom. The van der Waals surface area contributed by atoms with Gasteiger partial charge in [0.2, 0.25) is 0 Å². The van der Waals surface area contributed by atoms with Crippen molar-refractivity contribution in [2.24, 2.45) is 0 Å². The number of amides is 1. The van der Waals surface area contributed by atoms with Crippen molar-refractivity contribution in [2.75, 3.05) is 18.8 Å². The summed E-state index contributed by atoms with van der Waals surface area (Å²) in [6, 6.07) is 6.20. The van der Waals surface area contributed by atoms with Gasteiger partial charge in [-0.3, -0.25) is 4.79 Å². The molecule has 1 amide bonds. The summed E-state index contributed by atoms with van der Waals surface area (Å²) in [4.78, 5) is 25.3. The maximum atomic E-state index is 12.6. The molecule has 1 aliphatic rings. The van der Waals surface area contributed by atoms with Crippen LogP contribution in [-0.2, 0) is 0 Å². The molecule has 1 aliphatic heterocycles. The van der Waals surface area contributed by atoms with Crippen LogP contribution in [0.25, 0.3) is 0 Å². The van der Waals surface area contributed by atoms with Gasteiger partial charge in [-0.05, 0) is 42.9 Å². The lowest BCUT2D eigenvalue weighted by Gasteiger charge is -2.24. The third-order valence-electron chi connectivity index (χ3n) is 3.70. The van der Waals surface area contributed by atoms with Gasteiger partial charge in [-0.2, -0.15) is 11.8 Å². The van der Waals surface area contributed by atoms with Gasteiger partial charge in [0, 0.05) is 23.9 Å². The van der Waals surface area contributed by atoms with Gasteiger partial charge in [-0.15, -0.1) is 0 Å². The molecule has 114 valence electrons.